The number of nitrogens with zero attached hydrogens (tertiary/aromatic N) is 1. The van der Waals surface area contributed by atoms with Gasteiger partial charge in [0.15, 0.2) is 0 Å². The van der Waals surface area contributed by atoms with E-state index in [0.29, 0.717) is 18.0 Å². The van der Waals surface area contributed by atoms with Gasteiger partial charge in [0.25, 0.3) is 0 Å². The number of urea groups is 1. The molecule has 0 aliphatic heterocycles. The first-order chi connectivity index (χ1) is 11.7. The molecule has 24 heavy (non-hydrogen) atoms. The minimum Gasteiger partial charge on any atom is -0.492 e. The first-order valence-electron chi connectivity index (χ1n) is 7.49. The molecule has 3 rings (SSSR count). The van der Waals surface area contributed by atoms with Crippen molar-refractivity contribution in [3.8, 4) is 5.75 Å². The van der Waals surface area contributed by atoms with E-state index in [1.807, 2.05) is 24.3 Å². The van der Waals surface area contributed by atoms with Gasteiger partial charge < -0.3 is 15.4 Å². The van der Waals surface area contributed by atoms with E-state index in [0.717, 1.165) is 10.9 Å². The molecule has 2 aromatic carbocycles. The monoisotopic (exact) mass is 325 g/mol. The number of halogens is 1. The number of anilines is 1. The molecule has 1 aromatic heterocycles. The van der Waals surface area contributed by atoms with Gasteiger partial charge in [-0.25, -0.2) is 9.18 Å². The number of nitrogens with one attached hydrogen (secondary N) is 2. The first kappa shape index (κ1) is 15.7. The van der Waals surface area contributed by atoms with Gasteiger partial charge in [-0.15, -0.1) is 0 Å². The van der Waals surface area contributed by atoms with Crippen LogP contribution in [0.5, 0.6) is 5.75 Å². The van der Waals surface area contributed by atoms with Crippen molar-refractivity contribution in [2.24, 2.45) is 0 Å². The topological polar surface area (TPSA) is 63.2 Å². The third kappa shape index (κ3) is 3.98. The number of ether oxygens (including phenoxy) is 1. The Balaban J connectivity index is 1.49. The van der Waals surface area contributed by atoms with E-state index in [9.17, 15) is 9.18 Å². The average Bonchev–Trinajstić information content (AvgIpc) is 2.61. The SMILES string of the molecule is O=C(NCCOc1ccc(F)cc1)Nc1cccc2cccnc12. The molecule has 0 bridgehead atoms. The number of amides is 2. The molecule has 0 spiro atoms. The van der Waals surface area contributed by atoms with E-state index in [1.54, 1.807) is 12.3 Å². The molecule has 2 amide bonds. The van der Waals surface area contributed by atoms with Gasteiger partial charge in [-0.1, -0.05) is 18.2 Å². The van der Waals surface area contributed by atoms with E-state index < -0.39 is 0 Å². The molecular weight excluding hydrogens is 309 g/mol. The summed E-state index contributed by atoms with van der Waals surface area (Å²) in [5.41, 5.74) is 1.38. The summed E-state index contributed by atoms with van der Waals surface area (Å²) >= 11 is 0. The molecule has 2 N–H and O–H groups in total. The van der Waals surface area contributed by atoms with Gasteiger partial charge in [0, 0.05) is 11.6 Å². The Labute approximate surface area is 138 Å². The van der Waals surface area contributed by atoms with E-state index in [1.165, 1.54) is 24.3 Å². The summed E-state index contributed by atoms with van der Waals surface area (Å²) in [7, 11) is 0. The van der Waals surface area contributed by atoms with E-state index in [2.05, 4.69) is 15.6 Å². The normalized spacial score (nSPS) is 10.4. The van der Waals surface area contributed by atoms with Crippen LogP contribution in [0.2, 0.25) is 0 Å². The first-order valence-corrected chi connectivity index (χ1v) is 7.49. The van der Waals surface area contributed by atoms with Crippen LogP contribution in [0.25, 0.3) is 10.9 Å². The summed E-state index contributed by atoms with van der Waals surface area (Å²) in [4.78, 5) is 16.2. The molecule has 6 heteroatoms. The predicted octanol–water partition coefficient (Wildman–Crippen LogP) is 3.57. The number of hydrogen-bond donors (Lipinski definition) is 2. The van der Waals surface area contributed by atoms with E-state index >= 15 is 0 Å². The van der Waals surface area contributed by atoms with Gasteiger partial charge in [-0.3, -0.25) is 4.98 Å². The molecule has 0 atom stereocenters. The zero-order chi connectivity index (χ0) is 16.8. The van der Waals surface area contributed by atoms with Crippen molar-refractivity contribution in [3.05, 3.63) is 66.6 Å². The van der Waals surface area contributed by atoms with Gasteiger partial charge in [0.2, 0.25) is 0 Å². The fraction of sp³-hybridized carbons (Fsp3) is 0.111. The van der Waals surface area contributed by atoms with Crippen LogP contribution in [-0.2, 0) is 0 Å². The lowest BCUT2D eigenvalue weighted by atomic mass is 10.2. The second-order valence-electron chi connectivity index (χ2n) is 5.06. The maximum absolute atomic E-state index is 12.8. The van der Waals surface area contributed by atoms with Gasteiger partial charge in [-0.05, 0) is 36.4 Å². The standard InChI is InChI=1S/C18H16FN3O2/c19-14-6-8-15(9-7-14)24-12-11-21-18(23)22-16-5-1-3-13-4-2-10-20-17(13)16/h1-10H,11-12H2,(H2,21,22,23). The van der Waals surface area contributed by atoms with Crippen molar-refractivity contribution < 1.29 is 13.9 Å². The molecule has 0 saturated heterocycles. The maximum Gasteiger partial charge on any atom is 0.319 e. The highest BCUT2D eigenvalue weighted by Gasteiger charge is 2.05. The van der Waals surface area contributed by atoms with Crippen molar-refractivity contribution in [1.82, 2.24) is 10.3 Å². The van der Waals surface area contributed by atoms with Crippen molar-refractivity contribution >= 4 is 22.6 Å². The molecule has 0 saturated carbocycles. The molecule has 0 fully saturated rings. The van der Waals surface area contributed by atoms with E-state index in [-0.39, 0.29) is 18.5 Å². The lowest BCUT2D eigenvalue weighted by molar-refractivity contribution is 0.247. The Hall–Kier alpha value is -3.15. The second kappa shape index (κ2) is 7.41. The molecule has 122 valence electrons. The van der Waals surface area contributed by atoms with Crippen LogP contribution < -0.4 is 15.4 Å². The highest BCUT2D eigenvalue weighted by molar-refractivity contribution is 5.99. The fourth-order valence-electron chi connectivity index (χ4n) is 2.24. The smallest absolute Gasteiger partial charge is 0.319 e. The molecule has 0 aliphatic rings. The second-order valence-corrected chi connectivity index (χ2v) is 5.06. The molecular formula is C18H16FN3O2. The Kier molecular flexibility index (Phi) is 4.86. The number of carbonyl (C=O) groups excluding carboxylic acids is 1. The van der Waals surface area contributed by atoms with Crippen LogP contribution in [0.3, 0.4) is 0 Å². The summed E-state index contributed by atoms with van der Waals surface area (Å²) < 4.78 is 18.2. The third-order valence-electron chi connectivity index (χ3n) is 3.35. The third-order valence-corrected chi connectivity index (χ3v) is 3.35. The van der Waals surface area contributed by atoms with Crippen molar-refractivity contribution in [2.75, 3.05) is 18.5 Å². The number of carbonyl (C=O) groups is 1. The van der Waals surface area contributed by atoms with Gasteiger partial charge in [-0.2, -0.15) is 0 Å². The Bertz CT molecular complexity index is 832. The summed E-state index contributed by atoms with van der Waals surface area (Å²) in [5.74, 6) is 0.236. The highest BCUT2D eigenvalue weighted by atomic mass is 19.1. The Morgan fingerprint density at radius 3 is 2.71 bits per heavy atom. The highest BCUT2D eigenvalue weighted by Crippen LogP contribution is 2.20. The lowest BCUT2D eigenvalue weighted by Gasteiger charge is -2.10. The summed E-state index contributed by atoms with van der Waals surface area (Å²) in [6, 6.07) is 14.8. The van der Waals surface area contributed by atoms with Crippen molar-refractivity contribution in [2.45, 2.75) is 0 Å². The molecule has 1 heterocycles. The molecule has 0 radical (unpaired) electrons. The summed E-state index contributed by atoms with van der Waals surface area (Å²) in [5, 5.41) is 6.43. The predicted molar refractivity (Wildman–Crippen MR) is 90.7 cm³/mol. The number of aromatic nitrogens is 1. The van der Waals surface area contributed by atoms with Crippen LogP contribution in [0.4, 0.5) is 14.9 Å². The maximum atomic E-state index is 12.8. The minimum atomic E-state index is -0.337. The average molecular weight is 325 g/mol. The van der Waals surface area contributed by atoms with Crippen LogP contribution in [0.1, 0.15) is 0 Å². The number of para-hydroxylation sites is 1. The lowest BCUT2D eigenvalue weighted by Crippen LogP contribution is -2.32. The number of rotatable bonds is 5. The van der Waals surface area contributed by atoms with Gasteiger partial charge in [0.1, 0.15) is 18.2 Å². The molecule has 0 aliphatic carbocycles. The van der Waals surface area contributed by atoms with Crippen molar-refractivity contribution in [3.63, 3.8) is 0 Å². The molecule has 5 nitrogen and oxygen atoms in total. The minimum absolute atomic E-state index is 0.285. The van der Waals surface area contributed by atoms with Crippen LogP contribution in [-0.4, -0.2) is 24.2 Å². The molecule has 0 unspecified atom stereocenters. The van der Waals surface area contributed by atoms with Crippen LogP contribution >= 0.6 is 0 Å². The van der Waals surface area contributed by atoms with Crippen LogP contribution in [0, 0.1) is 5.82 Å². The largest absolute Gasteiger partial charge is 0.492 e. The number of fused-ring (bicyclic) bond motifs is 1. The number of pyridine rings is 1. The molecule has 3 aromatic rings. The number of benzene rings is 2. The Morgan fingerprint density at radius 1 is 1.08 bits per heavy atom. The van der Waals surface area contributed by atoms with Crippen LogP contribution in [0.15, 0.2) is 60.8 Å². The summed E-state index contributed by atoms with van der Waals surface area (Å²) in [6.45, 7) is 0.605. The van der Waals surface area contributed by atoms with Gasteiger partial charge >= 0.3 is 6.03 Å². The quantitative estimate of drug-likeness (QED) is 0.705. The fourth-order valence-corrected chi connectivity index (χ4v) is 2.24. The van der Waals surface area contributed by atoms with E-state index in [4.69, 9.17) is 4.74 Å². The zero-order valence-corrected chi connectivity index (χ0v) is 12.8. The number of hydrogen-bond acceptors (Lipinski definition) is 3. The Morgan fingerprint density at radius 2 is 1.88 bits per heavy atom. The summed E-state index contributed by atoms with van der Waals surface area (Å²) in [6.07, 6.45) is 1.68. The zero-order valence-electron chi connectivity index (χ0n) is 12.8. The van der Waals surface area contributed by atoms with Gasteiger partial charge in [0.05, 0.1) is 17.7 Å². The van der Waals surface area contributed by atoms with Crippen molar-refractivity contribution in [1.29, 1.82) is 0 Å².